The summed E-state index contributed by atoms with van der Waals surface area (Å²) in [5.41, 5.74) is 1.53. The van der Waals surface area contributed by atoms with Crippen molar-refractivity contribution < 1.29 is 9.32 Å². The van der Waals surface area contributed by atoms with E-state index < -0.39 is 0 Å². The molecule has 0 N–H and O–H groups in total. The number of pyridine rings is 1. The Kier molecular flexibility index (Phi) is 4.66. The van der Waals surface area contributed by atoms with Crippen LogP contribution in [0.25, 0.3) is 0 Å². The van der Waals surface area contributed by atoms with Crippen molar-refractivity contribution in [3.63, 3.8) is 0 Å². The lowest BCUT2D eigenvalue weighted by molar-refractivity contribution is 0.0509. The van der Waals surface area contributed by atoms with Crippen LogP contribution in [0.4, 0.5) is 0 Å². The maximum atomic E-state index is 13.0. The smallest absolute Gasteiger partial charge is 0.276 e. The molecule has 144 valence electrons. The molecule has 1 saturated heterocycles. The fraction of sp³-hybridized carbons (Fsp3) is 0.571. The summed E-state index contributed by atoms with van der Waals surface area (Å²) < 4.78 is 7.32. The topological polar surface area (TPSA) is 68.3 Å². The molecule has 0 saturated carbocycles. The molecule has 0 aromatic carbocycles. The first-order valence-corrected chi connectivity index (χ1v) is 9.97. The molecule has 0 aliphatic carbocycles. The van der Waals surface area contributed by atoms with Crippen molar-refractivity contribution in [3.05, 3.63) is 51.8 Å². The van der Waals surface area contributed by atoms with Crippen molar-refractivity contribution in [1.29, 1.82) is 0 Å². The second-order valence-corrected chi connectivity index (χ2v) is 8.19. The van der Waals surface area contributed by atoms with E-state index in [-0.39, 0.29) is 29.3 Å². The average molecular weight is 369 g/mol. The van der Waals surface area contributed by atoms with Gasteiger partial charge in [-0.3, -0.25) is 9.59 Å². The van der Waals surface area contributed by atoms with Crippen LogP contribution in [0, 0.1) is 5.92 Å². The number of piperidine rings is 1. The van der Waals surface area contributed by atoms with Crippen molar-refractivity contribution in [3.8, 4) is 0 Å². The molecule has 4 rings (SSSR count). The van der Waals surface area contributed by atoms with Crippen molar-refractivity contribution in [2.24, 2.45) is 5.92 Å². The predicted molar refractivity (Wildman–Crippen MR) is 102 cm³/mol. The minimum atomic E-state index is -0.0673. The Labute approximate surface area is 159 Å². The van der Waals surface area contributed by atoms with Crippen LogP contribution in [0.1, 0.15) is 79.9 Å². The van der Waals surface area contributed by atoms with Crippen molar-refractivity contribution in [2.45, 2.75) is 57.9 Å². The van der Waals surface area contributed by atoms with Gasteiger partial charge in [0.25, 0.3) is 11.5 Å². The summed E-state index contributed by atoms with van der Waals surface area (Å²) in [6.07, 6.45) is 3.01. The zero-order valence-electron chi connectivity index (χ0n) is 16.2. The van der Waals surface area contributed by atoms with Gasteiger partial charge in [0.05, 0.1) is 0 Å². The number of hydrogen-bond donors (Lipinski definition) is 0. The van der Waals surface area contributed by atoms with Crippen molar-refractivity contribution >= 4 is 5.91 Å². The highest BCUT2D eigenvalue weighted by Gasteiger charge is 2.41. The van der Waals surface area contributed by atoms with Crippen molar-refractivity contribution in [1.82, 2.24) is 14.6 Å². The van der Waals surface area contributed by atoms with Gasteiger partial charge in [-0.2, -0.15) is 0 Å². The molecule has 2 aliphatic rings. The van der Waals surface area contributed by atoms with Gasteiger partial charge in [0.2, 0.25) is 0 Å². The predicted octanol–water partition coefficient (Wildman–Crippen LogP) is 3.56. The molecule has 2 aliphatic heterocycles. The van der Waals surface area contributed by atoms with E-state index in [0.29, 0.717) is 24.7 Å². The largest absolute Gasteiger partial charge is 0.360 e. The number of fused-ring (bicyclic) bond motifs is 4. The highest BCUT2D eigenvalue weighted by molar-refractivity contribution is 5.92. The van der Waals surface area contributed by atoms with Gasteiger partial charge in [-0.15, -0.1) is 0 Å². The third kappa shape index (κ3) is 3.11. The first-order valence-electron chi connectivity index (χ1n) is 9.97. The van der Waals surface area contributed by atoms with Gasteiger partial charge in [0.15, 0.2) is 5.69 Å². The molecule has 0 radical (unpaired) electrons. The normalized spacial score (nSPS) is 24.1. The minimum Gasteiger partial charge on any atom is -0.360 e. The molecule has 1 amide bonds. The summed E-state index contributed by atoms with van der Waals surface area (Å²) in [4.78, 5) is 27.5. The van der Waals surface area contributed by atoms with Gasteiger partial charge in [-0.1, -0.05) is 38.4 Å². The summed E-state index contributed by atoms with van der Waals surface area (Å²) in [6, 6.07) is 7.46. The third-order valence-electron chi connectivity index (χ3n) is 5.99. The Morgan fingerprint density at radius 1 is 1.33 bits per heavy atom. The molecule has 2 aromatic heterocycles. The molecule has 3 atom stereocenters. The molecule has 6 nitrogen and oxygen atoms in total. The number of hydrogen-bond acceptors (Lipinski definition) is 4. The SMILES string of the molecule is CCC[C@H]1[C@H]2C[C@H](CN(C(=O)c3cc(C(C)C)on3)C2)c2cccc(=O)n21. The van der Waals surface area contributed by atoms with Gasteiger partial charge in [0.1, 0.15) is 5.76 Å². The molecule has 27 heavy (non-hydrogen) atoms. The number of carbonyl (C=O) groups excluding carboxylic acids is 1. The van der Waals surface area contributed by atoms with Gasteiger partial charge < -0.3 is 14.0 Å². The molecule has 4 heterocycles. The maximum Gasteiger partial charge on any atom is 0.276 e. The van der Waals surface area contributed by atoms with E-state index >= 15 is 0 Å². The molecular weight excluding hydrogens is 342 g/mol. The Morgan fingerprint density at radius 2 is 2.15 bits per heavy atom. The molecule has 2 aromatic rings. The van der Waals surface area contributed by atoms with Crippen LogP contribution in [0.3, 0.4) is 0 Å². The number of aromatic nitrogens is 2. The minimum absolute atomic E-state index is 0.0673. The average Bonchev–Trinajstić information content (AvgIpc) is 3.15. The van der Waals surface area contributed by atoms with E-state index in [1.54, 1.807) is 12.1 Å². The Bertz CT molecular complexity index is 898. The van der Waals surface area contributed by atoms with Crippen LogP contribution in [0.2, 0.25) is 0 Å². The van der Waals surface area contributed by atoms with Gasteiger partial charge in [-0.05, 0) is 24.8 Å². The summed E-state index contributed by atoms with van der Waals surface area (Å²) in [7, 11) is 0. The third-order valence-corrected chi connectivity index (χ3v) is 5.99. The monoisotopic (exact) mass is 369 g/mol. The summed E-state index contributed by atoms with van der Waals surface area (Å²) in [5, 5.41) is 4.00. The molecule has 2 bridgehead atoms. The zero-order valence-corrected chi connectivity index (χ0v) is 16.2. The van der Waals surface area contributed by atoms with Crippen LogP contribution >= 0.6 is 0 Å². The number of carbonyl (C=O) groups is 1. The molecule has 0 spiro atoms. The van der Waals surface area contributed by atoms with Gasteiger partial charge in [-0.25, -0.2) is 0 Å². The summed E-state index contributed by atoms with van der Waals surface area (Å²) in [6.45, 7) is 7.48. The number of likely N-dealkylation sites (tertiary alicyclic amines) is 1. The highest BCUT2D eigenvalue weighted by atomic mass is 16.5. The van der Waals surface area contributed by atoms with Crippen LogP contribution in [0.5, 0.6) is 0 Å². The quantitative estimate of drug-likeness (QED) is 0.826. The zero-order chi connectivity index (χ0) is 19.1. The second-order valence-electron chi connectivity index (χ2n) is 8.19. The fourth-order valence-corrected chi connectivity index (χ4v) is 4.70. The van der Waals surface area contributed by atoms with E-state index in [9.17, 15) is 9.59 Å². The van der Waals surface area contributed by atoms with Crippen LogP contribution in [-0.4, -0.2) is 33.6 Å². The highest BCUT2D eigenvalue weighted by Crippen LogP contribution is 2.43. The molecule has 6 heteroatoms. The Morgan fingerprint density at radius 3 is 2.85 bits per heavy atom. The lowest BCUT2D eigenvalue weighted by atomic mass is 9.77. The van der Waals surface area contributed by atoms with E-state index in [2.05, 4.69) is 12.1 Å². The maximum absolute atomic E-state index is 13.0. The molecule has 1 fully saturated rings. The number of rotatable bonds is 4. The van der Waals surface area contributed by atoms with Crippen LogP contribution < -0.4 is 5.56 Å². The van der Waals surface area contributed by atoms with Crippen molar-refractivity contribution in [2.75, 3.05) is 13.1 Å². The van der Waals surface area contributed by atoms with Crippen LogP contribution in [0.15, 0.2) is 33.6 Å². The van der Waals surface area contributed by atoms with Crippen LogP contribution in [-0.2, 0) is 0 Å². The van der Waals surface area contributed by atoms with E-state index in [0.717, 1.165) is 30.7 Å². The lowest BCUT2D eigenvalue weighted by Gasteiger charge is -2.46. The second kappa shape index (κ2) is 6.98. The van der Waals surface area contributed by atoms with E-state index in [4.69, 9.17) is 4.52 Å². The first kappa shape index (κ1) is 18.0. The molecular formula is C21H27N3O3. The first-order chi connectivity index (χ1) is 13.0. The number of nitrogens with zero attached hydrogens (tertiary/aromatic N) is 3. The Hall–Kier alpha value is -2.37. The van der Waals surface area contributed by atoms with Gasteiger partial charge >= 0.3 is 0 Å². The van der Waals surface area contributed by atoms with Gasteiger partial charge in [0, 0.05) is 48.8 Å². The fourth-order valence-electron chi connectivity index (χ4n) is 4.70. The Balaban J connectivity index is 1.65. The molecule has 0 unspecified atom stereocenters. The standard InChI is InChI=1S/C21H27N3O3/c1-4-6-17-14-9-15(18-7-5-8-20(25)24(17)18)12-23(11-14)21(26)16-10-19(13(2)3)27-22-16/h5,7-8,10,13-15,17H,4,6,9,11-12H2,1-3H3/t14-,15+,17-/m0/s1. The van der Waals surface area contributed by atoms with E-state index in [1.165, 1.54) is 0 Å². The summed E-state index contributed by atoms with van der Waals surface area (Å²) in [5.74, 6) is 1.37. The van der Waals surface area contributed by atoms with E-state index in [1.807, 2.05) is 35.4 Å². The number of amides is 1. The lowest BCUT2D eigenvalue weighted by Crippen LogP contribution is -2.51. The summed E-state index contributed by atoms with van der Waals surface area (Å²) >= 11 is 0.